The Kier molecular flexibility index (Phi) is 2.65. The van der Waals surface area contributed by atoms with Crippen LogP contribution in [0.4, 0.5) is 5.69 Å². The first-order valence-corrected chi connectivity index (χ1v) is 6.10. The number of halogens is 2. The molecule has 3 nitrogen and oxygen atoms in total. The van der Waals surface area contributed by atoms with E-state index >= 15 is 0 Å². The normalized spacial score (nSPS) is 11.0. The number of hydrogen-bond acceptors (Lipinski definition) is 2. The second kappa shape index (κ2) is 4.19. The minimum Gasteiger partial charge on any atom is -0.398 e. The quantitative estimate of drug-likeness (QED) is 0.658. The molecule has 18 heavy (non-hydrogen) atoms. The maximum Gasteiger partial charge on any atom is 0.138 e. The third-order valence-corrected chi connectivity index (χ3v) is 3.37. The number of nitrogens with zero attached hydrogens (tertiary/aromatic N) is 1. The van der Waals surface area contributed by atoms with Gasteiger partial charge in [0.1, 0.15) is 11.3 Å². The number of anilines is 1. The molecule has 3 rings (SSSR count). The zero-order chi connectivity index (χ0) is 12.7. The van der Waals surface area contributed by atoms with Crippen LogP contribution in [0.15, 0.2) is 36.4 Å². The first-order chi connectivity index (χ1) is 8.65. The van der Waals surface area contributed by atoms with Gasteiger partial charge in [0.25, 0.3) is 0 Å². The Morgan fingerprint density at radius 2 is 1.89 bits per heavy atom. The minimum absolute atomic E-state index is 0.513. The SMILES string of the molecule is Nc1ccc(-c2nc3c(Cl)cccc3[nH]2)cc1Cl. The molecule has 0 saturated carbocycles. The Morgan fingerprint density at radius 3 is 2.61 bits per heavy atom. The van der Waals surface area contributed by atoms with Crippen LogP contribution in [0.1, 0.15) is 0 Å². The molecule has 0 saturated heterocycles. The minimum atomic E-state index is 0.513. The number of fused-ring (bicyclic) bond motifs is 1. The van der Waals surface area contributed by atoms with E-state index < -0.39 is 0 Å². The fraction of sp³-hybridized carbons (Fsp3) is 0. The molecule has 2 aromatic carbocycles. The number of benzene rings is 2. The van der Waals surface area contributed by atoms with Crippen LogP contribution in [-0.4, -0.2) is 9.97 Å². The average molecular weight is 278 g/mol. The van der Waals surface area contributed by atoms with Crippen LogP contribution in [0.3, 0.4) is 0 Å². The summed E-state index contributed by atoms with van der Waals surface area (Å²) in [6.45, 7) is 0. The number of hydrogen-bond donors (Lipinski definition) is 2. The maximum absolute atomic E-state index is 6.09. The van der Waals surface area contributed by atoms with Gasteiger partial charge in [-0.15, -0.1) is 0 Å². The molecule has 0 fully saturated rings. The predicted octanol–water partition coefficient (Wildman–Crippen LogP) is 4.12. The summed E-state index contributed by atoms with van der Waals surface area (Å²) in [5.41, 5.74) is 8.76. The topological polar surface area (TPSA) is 54.7 Å². The second-order valence-corrected chi connectivity index (χ2v) is 4.77. The highest BCUT2D eigenvalue weighted by atomic mass is 35.5. The van der Waals surface area contributed by atoms with E-state index in [1.807, 2.05) is 24.3 Å². The lowest BCUT2D eigenvalue weighted by molar-refractivity contribution is 1.34. The molecule has 0 aliphatic rings. The third kappa shape index (κ3) is 1.82. The number of H-pyrrole nitrogens is 1. The van der Waals surface area contributed by atoms with E-state index in [2.05, 4.69) is 9.97 Å². The van der Waals surface area contributed by atoms with Gasteiger partial charge in [0.2, 0.25) is 0 Å². The zero-order valence-corrected chi connectivity index (χ0v) is 10.8. The Labute approximate surface area is 114 Å². The summed E-state index contributed by atoms with van der Waals surface area (Å²) in [4.78, 5) is 7.67. The van der Waals surface area contributed by atoms with Crippen molar-refractivity contribution in [1.29, 1.82) is 0 Å². The zero-order valence-electron chi connectivity index (χ0n) is 9.24. The van der Waals surface area contributed by atoms with Crippen molar-refractivity contribution in [2.45, 2.75) is 0 Å². The number of aromatic amines is 1. The molecule has 0 unspecified atom stereocenters. The number of nitrogens with one attached hydrogen (secondary N) is 1. The molecule has 0 amide bonds. The Morgan fingerprint density at radius 1 is 1.06 bits per heavy atom. The number of rotatable bonds is 1. The molecule has 3 aromatic rings. The lowest BCUT2D eigenvalue weighted by Gasteiger charge is -2.00. The number of aromatic nitrogens is 2. The summed E-state index contributed by atoms with van der Waals surface area (Å²) in [6, 6.07) is 11.0. The highest BCUT2D eigenvalue weighted by molar-refractivity contribution is 6.35. The lowest BCUT2D eigenvalue weighted by Crippen LogP contribution is -1.87. The van der Waals surface area contributed by atoms with Gasteiger partial charge in [-0.25, -0.2) is 4.98 Å². The Bertz CT molecular complexity index is 734. The average Bonchev–Trinajstić information content (AvgIpc) is 2.78. The Balaban J connectivity index is 2.19. The van der Waals surface area contributed by atoms with Gasteiger partial charge in [-0.1, -0.05) is 29.3 Å². The van der Waals surface area contributed by atoms with E-state index in [4.69, 9.17) is 28.9 Å². The van der Waals surface area contributed by atoms with Gasteiger partial charge in [-0.2, -0.15) is 0 Å². The van der Waals surface area contributed by atoms with E-state index in [0.29, 0.717) is 15.7 Å². The molecular formula is C13H9Cl2N3. The van der Waals surface area contributed by atoms with Crippen molar-refractivity contribution in [2.75, 3.05) is 5.73 Å². The molecule has 90 valence electrons. The third-order valence-electron chi connectivity index (χ3n) is 2.74. The second-order valence-electron chi connectivity index (χ2n) is 3.96. The standard InChI is InChI=1S/C13H9Cl2N3/c14-8-2-1-3-11-12(8)18-13(17-11)7-4-5-10(16)9(15)6-7/h1-6H,16H2,(H,17,18). The van der Waals surface area contributed by atoms with Crippen LogP contribution in [0.2, 0.25) is 10.0 Å². The van der Waals surface area contributed by atoms with Gasteiger partial charge >= 0.3 is 0 Å². The molecular weight excluding hydrogens is 269 g/mol. The summed E-state index contributed by atoms with van der Waals surface area (Å²) in [6.07, 6.45) is 0. The molecule has 0 bridgehead atoms. The fourth-order valence-electron chi connectivity index (χ4n) is 1.81. The van der Waals surface area contributed by atoms with Crippen LogP contribution < -0.4 is 5.73 Å². The van der Waals surface area contributed by atoms with Crippen molar-refractivity contribution < 1.29 is 0 Å². The van der Waals surface area contributed by atoms with E-state index in [0.717, 1.165) is 22.4 Å². The van der Waals surface area contributed by atoms with Gasteiger partial charge in [0, 0.05) is 5.56 Å². The first kappa shape index (κ1) is 11.4. The molecule has 5 heteroatoms. The maximum atomic E-state index is 6.09. The number of nitrogens with two attached hydrogens (primary N) is 1. The fourth-order valence-corrected chi connectivity index (χ4v) is 2.21. The highest BCUT2D eigenvalue weighted by Gasteiger charge is 2.08. The molecule has 3 N–H and O–H groups in total. The molecule has 1 aromatic heterocycles. The van der Waals surface area contributed by atoms with Crippen molar-refractivity contribution in [2.24, 2.45) is 0 Å². The smallest absolute Gasteiger partial charge is 0.138 e. The van der Waals surface area contributed by atoms with Gasteiger partial charge < -0.3 is 10.7 Å². The van der Waals surface area contributed by atoms with Gasteiger partial charge in [-0.3, -0.25) is 0 Å². The molecule has 0 spiro atoms. The van der Waals surface area contributed by atoms with Gasteiger partial charge in [0.05, 0.1) is 21.2 Å². The summed E-state index contributed by atoms with van der Waals surface area (Å²) < 4.78 is 0. The van der Waals surface area contributed by atoms with Crippen LogP contribution in [0.25, 0.3) is 22.4 Å². The van der Waals surface area contributed by atoms with Crippen LogP contribution >= 0.6 is 23.2 Å². The molecule has 0 atom stereocenters. The monoisotopic (exact) mass is 277 g/mol. The number of nitrogen functional groups attached to an aromatic ring is 1. The van der Waals surface area contributed by atoms with Crippen LogP contribution in [0.5, 0.6) is 0 Å². The predicted molar refractivity (Wildman–Crippen MR) is 76.0 cm³/mol. The first-order valence-electron chi connectivity index (χ1n) is 5.35. The molecule has 0 aliphatic heterocycles. The molecule has 0 aliphatic carbocycles. The van der Waals surface area contributed by atoms with Crippen molar-refractivity contribution >= 4 is 39.9 Å². The number of para-hydroxylation sites is 1. The lowest BCUT2D eigenvalue weighted by atomic mass is 10.2. The molecule has 1 heterocycles. The summed E-state index contributed by atoms with van der Waals surface area (Å²) in [7, 11) is 0. The van der Waals surface area contributed by atoms with Crippen molar-refractivity contribution in [3.8, 4) is 11.4 Å². The van der Waals surface area contributed by atoms with Crippen molar-refractivity contribution in [3.05, 3.63) is 46.4 Å². The van der Waals surface area contributed by atoms with Crippen molar-refractivity contribution in [3.63, 3.8) is 0 Å². The highest BCUT2D eigenvalue weighted by Crippen LogP contribution is 2.28. The largest absolute Gasteiger partial charge is 0.398 e. The van der Waals surface area contributed by atoms with Crippen LogP contribution in [-0.2, 0) is 0 Å². The molecule has 0 radical (unpaired) electrons. The van der Waals surface area contributed by atoms with Gasteiger partial charge in [0.15, 0.2) is 0 Å². The van der Waals surface area contributed by atoms with Gasteiger partial charge in [-0.05, 0) is 30.3 Å². The number of imidazole rings is 1. The van der Waals surface area contributed by atoms with E-state index in [-0.39, 0.29) is 0 Å². The van der Waals surface area contributed by atoms with E-state index in [1.165, 1.54) is 0 Å². The van der Waals surface area contributed by atoms with E-state index in [9.17, 15) is 0 Å². The van der Waals surface area contributed by atoms with E-state index in [1.54, 1.807) is 12.1 Å². The Hall–Kier alpha value is -1.71. The summed E-state index contributed by atoms with van der Waals surface area (Å²) >= 11 is 12.1. The van der Waals surface area contributed by atoms with Crippen molar-refractivity contribution in [1.82, 2.24) is 9.97 Å². The van der Waals surface area contributed by atoms with Crippen LogP contribution in [0, 0.1) is 0 Å². The summed E-state index contributed by atoms with van der Waals surface area (Å²) in [5, 5.41) is 1.13. The summed E-state index contributed by atoms with van der Waals surface area (Å²) in [5.74, 6) is 0.722.